The lowest BCUT2D eigenvalue weighted by Crippen LogP contribution is -2.27. The van der Waals surface area contributed by atoms with Crippen LogP contribution < -0.4 is 20.9 Å². The molecule has 0 saturated heterocycles. The number of rotatable bonds is 8. The van der Waals surface area contributed by atoms with Crippen molar-refractivity contribution in [3.8, 4) is 0 Å². The van der Waals surface area contributed by atoms with E-state index < -0.39 is 11.8 Å². The van der Waals surface area contributed by atoms with Crippen molar-refractivity contribution in [1.82, 2.24) is 5.32 Å². The molecule has 3 N–H and O–H groups in total. The number of nitrogens with zero attached hydrogens (tertiary/aromatic N) is 1. The topological polar surface area (TPSA) is 82.7 Å². The van der Waals surface area contributed by atoms with Gasteiger partial charge in [-0.15, -0.1) is 0 Å². The molecule has 2 aromatic rings. The molecule has 2 aromatic carbocycles. The molecule has 0 aliphatic rings. The number of methoxy groups -OCH3 is 1. The highest BCUT2D eigenvalue weighted by atomic mass is 35.5. The highest BCUT2D eigenvalue weighted by Crippen LogP contribution is 2.24. The Balaban J connectivity index is 2.10. The molecule has 0 radical (unpaired) electrons. The van der Waals surface area contributed by atoms with E-state index in [1.165, 1.54) is 12.1 Å². The molecular formula is C20H24ClFN4O3. The first kappa shape index (κ1) is 22.4. The van der Waals surface area contributed by atoms with Crippen LogP contribution in [-0.2, 0) is 4.74 Å². The van der Waals surface area contributed by atoms with E-state index in [0.717, 1.165) is 6.07 Å². The number of benzene rings is 2. The van der Waals surface area contributed by atoms with Crippen LogP contribution in [0.15, 0.2) is 36.4 Å². The second-order valence-corrected chi connectivity index (χ2v) is 6.84. The minimum atomic E-state index is -0.571. The van der Waals surface area contributed by atoms with E-state index in [9.17, 15) is 14.0 Å². The van der Waals surface area contributed by atoms with Gasteiger partial charge in [-0.25, -0.2) is 9.18 Å². The van der Waals surface area contributed by atoms with Crippen molar-refractivity contribution < 1.29 is 18.7 Å². The predicted molar refractivity (Wildman–Crippen MR) is 114 cm³/mol. The molecule has 156 valence electrons. The molecule has 0 spiro atoms. The van der Waals surface area contributed by atoms with Crippen LogP contribution in [0.2, 0.25) is 5.02 Å². The summed E-state index contributed by atoms with van der Waals surface area (Å²) in [5, 5.41) is 7.97. The van der Waals surface area contributed by atoms with Crippen LogP contribution in [0.25, 0.3) is 0 Å². The van der Waals surface area contributed by atoms with Gasteiger partial charge in [-0.1, -0.05) is 11.6 Å². The molecule has 0 unspecified atom stereocenters. The summed E-state index contributed by atoms with van der Waals surface area (Å²) < 4.78 is 18.2. The summed E-state index contributed by atoms with van der Waals surface area (Å²) >= 11 is 5.72. The number of hydrogen-bond donors (Lipinski definition) is 3. The van der Waals surface area contributed by atoms with E-state index in [1.54, 1.807) is 25.3 Å². The van der Waals surface area contributed by atoms with Crippen LogP contribution in [-0.4, -0.2) is 46.3 Å². The van der Waals surface area contributed by atoms with Gasteiger partial charge in [0.05, 0.1) is 10.6 Å². The Morgan fingerprint density at radius 3 is 2.38 bits per heavy atom. The van der Waals surface area contributed by atoms with Gasteiger partial charge in [0.25, 0.3) is 5.91 Å². The average molecular weight is 423 g/mol. The maximum absolute atomic E-state index is 13.2. The van der Waals surface area contributed by atoms with Crippen molar-refractivity contribution in [2.45, 2.75) is 6.42 Å². The number of carbonyl (C=O) groups is 2. The fourth-order valence-electron chi connectivity index (χ4n) is 2.57. The molecule has 9 heteroatoms. The lowest BCUT2D eigenvalue weighted by molar-refractivity contribution is 0.0949. The Bertz CT molecular complexity index is 877. The first-order valence-corrected chi connectivity index (χ1v) is 9.31. The van der Waals surface area contributed by atoms with Crippen molar-refractivity contribution >= 4 is 40.6 Å². The lowest BCUT2D eigenvalue weighted by Gasteiger charge is -2.18. The SMILES string of the molecule is COCCCNC(=O)c1cc(NC(=O)Nc2ccc(F)c(Cl)c2)ccc1N(C)C. The Labute approximate surface area is 174 Å². The molecule has 0 aliphatic carbocycles. The summed E-state index contributed by atoms with van der Waals surface area (Å²) in [6.45, 7) is 1.03. The predicted octanol–water partition coefficient (Wildman–Crippen LogP) is 3.96. The number of halogens is 2. The van der Waals surface area contributed by atoms with Gasteiger partial charge in [-0.3, -0.25) is 4.79 Å². The lowest BCUT2D eigenvalue weighted by atomic mass is 10.1. The molecule has 0 aliphatic heterocycles. The minimum Gasteiger partial charge on any atom is -0.385 e. The summed E-state index contributed by atoms with van der Waals surface area (Å²) in [6, 6.07) is 8.35. The Morgan fingerprint density at radius 1 is 1.10 bits per heavy atom. The van der Waals surface area contributed by atoms with E-state index in [0.29, 0.717) is 42.2 Å². The first-order chi connectivity index (χ1) is 13.8. The number of urea groups is 1. The standard InChI is InChI=1S/C20H24ClFN4O3/c1-26(2)18-8-6-13(11-15(18)19(27)23-9-4-10-29-3)24-20(28)25-14-5-7-17(22)16(21)12-14/h5-8,11-12H,4,9-10H2,1-3H3,(H,23,27)(H2,24,25,28). The smallest absolute Gasteiger partial charge is 0.323 e. The summed E-state index contributed by atoms with van der Waals surface area (Å²) in [7, 11) is 5.26. The van der Waals surface area contributed by atoms with E-state index in [1.807, 2.05) is 19.0 Å². The Morgan fingerprint density at radius 2 is 1.76 bits per heavy atom. The zero-order valence-corrected chi connectivity index (χ0v) is 17.3. The zero-order chi connectivity index (χ0) is 21.4. The molecule has 0 heterocycles. The molecule has 7 nitrogen and oxygen atoms in total. The van der Waals surface area contributed by atoms with Gasteiger partial charge in [0, 0.05) is 51.4 Å². The Hall–Kier alpha value is -2.84. The summed E-state index contributed by atoms with van der Waals surface area (Å²) in [5.74, 6) is -0.822. The van der Waals surface area contributed by atoms with Gasteiger partial charge in [0.2, 0.25) is 0 Å². The van der Waals surface area contributed by atoms with Gasteiger partial charge >= 0.3 is 6.03 Å². The van der Waals surface area contributed by atoms with Gasteiger partial charge in [-0.2, -0.15) is 0 Å². The first-order valence-electron chi connectivity index (χ1n) is 8.93. The average Bonchev–Trinajstić information content (AvgIpc) is 2.67. The van der Waals surface area contributed by atoms with E-state index >= 15 is 0 Å². The monoisotopic (exact) mass is 422 g/mol. The number of hydrogen-bond acceptors (Lipinski definition) is 4. The fourth-order valence-corrected chi connectivity index (χ4v) is 2.75. The van der Waals surface area contributed by atoms with Crippen molar-refractivity contribution in [3.63, 3.8) is 0 Å². The second kappa shape index (κ2) is 10.6. The van der Waals surface area contributed by atoms with Gasteiger partial charge in [-0.05, 0) is 42.8 Å². The molecule has 0 aromatic heterocycles. The van der Waals surface area contributed by atoms with Crippen molar-refractivity contribution in [1.29, 1.82) is 0 Å². The zero-order valence-electron chi connectivity index (χ0n) is 16.5. The molecule has 3 amide bonds. The molecular weight excluding hydrogens is 399 g/mol. The van der Waals surface area contributed by atoms with Crippen LogP contribution >= 0.6 is 11.6 Å². The molecule has 0 bridgehead atoms. The number of carbonyl (C=O) groups excluding carboxylic acids is 2. The highest BCUT2D eigenvalue weighted by Gasteiger charge is 2.15. The second-order valence-electron chi connectivity index (χ2n) is 6.44. The molecule has 0 atom stereocenters. The number of ether oxygens (including phenoxy) is 1. The van der Waals surface area contributed by atoms with Gasteiger partial charge < -0.3 is 25.6 Å². The number of amides is 3. The van der Waals surface area contributed by atoms with E-state index in [2.05, 4.69) is 16.0 Å². The summed E-state index contributed by atoms with van der Waals surface area (Å²) in [5.41, 5.74) is 1.92. The largest absolute Gasteiger partial charge is 0.385 e. The maximum atomic E-state index is 13.2. The third kappa shape index (κ3) is 6.62. The molecule has 2 rings (SSSR count). The number of nitrogens with one attached hydrogen (secondary N) is 3. The normalized spacial score (nSPS) is 10.4. The summed E-state index contributed by atoms with van der Waals surface area (Å²) in [4.78, 5) is 26.6. The minimum absolute atomic E-state index is 0.0921. The molecule has 29 heavy (non-hydrogen) atoms. The van der Waals surface area contributed by atoms with Crippen molar-refractivity contribution in [3.05, 3.63) is 52.8 Å². The quantitative estimate of drug-likeness (QED) is 0.562. The Kier molecular flexibility index (Phi) is 8.23. The molecule has 0 saturated carbocycles. The van der Waals surface area contributed by atoms with E-state index in [-0.39, 0.29) is 10.9 Å². The van der Waals surface area contributed by atoms with E-state index in [4.69, 9.17) is 16.3 Å². The van der Waals surface area contributed by atoms with Crippen LogP contribution in [0.1, 0.15) is 16.8 Å². The molecule has 0 fully saturated rings. The maximum Gasteiger partial charge on any atom is 0.323 e. The van der Waals surface area contributed by atoms with Crippen LogP contribution in [0.3, 0.4) is 0 Å². The van der Waals surface area contributed by atoms with Crippen molar-refractivity contribution in [2.75, 3.05) is 49.9 Å². The van der Waals surface area contributed by atoms with Crippen LogP contribution in [0.4, 0.5) is 26.2 Å². The van der Waals surface area contributed by atoms with Gasteiger partial charge in [0.15, 0.2) is 0 Å². The van der Waals surface area contributed by atoms with Crippen molar-refractivity contribution in [2.24, 2.45) is 0 Å². The van der Waals surface area contributed by atoms with Crippen LogP contribution in [0, 0.1) is 5.82 Å². The highest BCUT2D eigenvalue weighted by molar-refractivity contribution is 6.31. The number of anilines is 3. The van der Waals surface area contributed by atoms with Gasteiger partial charge in [0.1, 0.15) is 5.82 Å². The fraction of sp³-hybridized carbons (Fsp3) is 0.300. The third-order valence-corrected chi connectivity index (χ3v) is 4.26. The summed E-state index contributed by atoms with van der Waals surface area (Å²) in [6.07, 6.45) is 0.695. The third-order valence-electron chi connectivity index (χ3n) is 3.97. The van der Waals surface area contributed by atoms with Crippen LogP contribution in [0.5, 0.6) is 0 Å².